The second kappa shape index (κ2) is 6.83. The van der Waals surface area contributed by atoms with E-state index in [4.69, 9.17) is 10.5 Å². The molecule has 5 heteroatoms. The summed E-state index contributed by atoms with van der Waals surface area (Å²) in [5, 5.41) is 0. The molecule has 0 saturated carbocycles. The van der Waals surface area contributed by atoms with Crippen molar-refractivity contribution >= 4 is 23.7 Å². The molecule has 2 rings (SSSR count). The molecule has 0 amide bonds. The molecule has 2 heterocycles. The maximum absolute atomic E-state index is 5.68. The maximum Gasteiger partial charge on any atom is 0.102 e. The predicted molar refractivity (Wildman–Crippen MR) is 87.0 cm³/mol. The summed E-state index contributed by atoms with van der Waals surface area (Å²) in [4.78, 5) is 13.2. The zero-order valence-corrected chi connectivity index (χ0v) is 12.6. The minimum absolute atomic E-state index is 0.215. The molecule has 0 bridgehead atoms. The van der Waals surface area contributed by atoms with Crippen LogP contribution < -0.4 is 5.73 Å². The van der Waals surface area contributed by atoms with Crippen LogP contribution in [0.1, 0.15) is 25.1 Å². The Balaban J connectivity index is 2.32. The van der Waals surface area contributed by atoms with Gasteiger partial charge in [-0.05, 0) is 26.0 Å². The Morgan fingerprint density at radius 2 is 2.29 bits per heavy atom. The lowest BCUT2D eigenvalue weighted by Gasteiger charge is -2.08. The van der Waals surface area contributed by atoms with Crippen molar-refractivity contribution in [3.63, 3.8) is 0 Å². The number of nitrogens with two attached hydrogens (primary N) is 1. The van der Waals surface area contributed by atoms with Crippen molar-refractivity contribution in [3.8, 4) is 0 Å². The Hall–Kier alpha value is -2.43. The molecule has 21 heavy (non-hydrogen) atoms. The van der Waals surface area contributed by atoms with Crippen molar-refractivity contribution in [1.29, 1.82) is 0 Å². The van der Waals surface area contributed by atoms with Gasteiger partial charge in [-0.15, -0.1) is 0 Å². The molecular formula is C16H20N4O. The Labute approximate surface area is 125 Å². The van der Waals surface area contributed by atoms with Crippen LogP contribution in [-0.2, 0) is 11.2 Å². The Bertz CT molecular complexity index is 627. The number of aliphatic imine (C=N–C) groups is 2. The van der Waals surface area contributed by atoms with E-state index >= 15 is 0 Å². The number of aromatic nitrogens is 1. The van der Waals surface area contributed by atoms with Crippen LogP contribution >= 0.6 is 0 Å². The number of rotatable bonds is 4. The fourth-order valence-corrected chi connectivity index (χ4v) is 1.90. The Morgan fingerprint density at radius 3 is 2.95 bits per heavy atom. The molecule has 0 unspecified atom stereocenters. The molecule has 0 fully saturated rings. The van der Waals surface area contributed by atoms with Crippen molar-refractivity contribution in [3.05, 3.63) is 41.6 Å². The van der Waals surface area contributed by atoms with Gasteiger partial charge in [0.25, 0.3) is 0 Å². The zero-order valence-electron chi connectivity index (χ0n) is 12.6. The van der Waals surface area contributed by atoms with Gasteiger partial charge in [0.1, 0.15) is 5.76 Å². The summed E-state index contributed by atoms with van der Waals surface area (Å²) < 4.78 is 5.28. The van der Waals surface area contributed by atoms with Crippen LogP contribution in [-0.4, -0.2) is 30.6 Å². The minimum Gasteiger partial charge on any atom is -0.501 e. The number of nitrogens with zero attached hydrogens (tertiary/aromatic N) is 3. The van der Waals surface area contributed by atoms with Gasteiger partial charge in [0.05, 0.1) is 18.5 Å². The Morgan fingerprint density at radius 1 is 1.48 bits per heavy atom. The first-order valence-electron chi connectivity index (χ1n) is 6.85. The highest BCUT2D eigenvalue weighted by Gasteiger charge is 2.11. The van der Waals surface area contributed by atoms with E-state index < -0.39 is 0 Å². The van der Waals surface area contributed by atoms with Gasteiger partial charge < -0.3 is 10.5 Å². The molecule has 0 atom stereocenters. The van der Waals surface area contributed by atoms with E-state index in [0.29, 0.717) is 6.42 Å². The summed E-state index contributed by atoms with van der Waals surface area (Å²) in [6.45, 7) is 4.02. The second-order valence-corrected chi connectivity index (χ2v) is 4.98. The number of fused-ring (bicyclic) bond motifs is 1. The smallest absolute Gasteiger partial charge is 0.102 e. The molecule has 1 aliphatic rings. The number of ether oxygens (including phenoxy) is 1. The maximum atomic E-state index is 5.68. The third-order valence-corrected chi connectivity index (χ3v) is 3.05. The summed E-state index contributed by atoms with van der Waals surface area (Å²) in [5.74, 6) is 0.864. The minimum atomic E-state index is 0.215. The summed E-state index contributed by atoms with van der Waals surface area (Å²) in [6, 6.07) is 2.14. The number of hydrogen-bond acceptors (Lipinski definition) is 5. The molecule has 1 aromatic heterocycles. The first-order chi connectivity index (χ1) is 10.1. The molecule has 0 saturated heterocycles. The first kappa shape index (κ1) is 15.0. The number of pyridine rings is 1. The van der Waals surface area contributed by atoms with E-state index in [1.807, 2.05) is 32.2 Å². The quantitative estimate of drug-likeness (QED) is 0.864. The van der Waals surface area contributed by atoms with Gasteiger partial charge >= 0.3 is 0 Å². The average molecular weight is 284 g/mol. The summed E-state index contributed by atoms with van der Waals surface area (Å²) >= 11 is 0. The van der Waals surface area contributed by atoms with Crippen LogP contribution in [0.3, 0.4) is 0 Å². The third-order valence-electron chi connectivity index (χ3n) is 3.05. The Kier molecular flexibility index (Phi) is 4.87. The molecule has 1 aromatic rings. The van der Waals surface area contributed by atoms with Crippen LogP contribution in [0.4, 0.5) is 5.69 Å². The van der Waals surface area contributed by atoms with Gasteiger partial charge in [0.2, 0.25) is 0 Å². The first-order valence-corrected chi connectivity index (χ1v) is 6.85. The average Bonchev–Trinajstić information content (AvgIpc) is 2.68. The molecule has 0 aliphatic carbocycles. The van der Waals surface area contributed by atoms with Crippen LogP contribution in [0.25, 0.3) is 5.57 Å². The van der Waals surface area contributed by atoms with Crippen LogP contribution in [0, 0.1) is 0 Å². The highest BCUT2D eigenvalue weighted by molar-refractivity contribution is 6.09. The van der Waals surface area contributed by atoms with Crippen molar-refractivity contribution < 1.29 is 4.74 Å². The normalized spacial score (nSPS) is 15.0. The molecule has 2 N–H and O–H groups in total. The van der Waals surface area contributed by atoms with Gasteiger partial charge in [0.15, 0.2) is 0 Å². The van der Waals surface area contributed by atoms with Crippen molar-refractivity contribution in [2.45, 2.75) is 26.3 Å². The van der Waals surface area contributed by atoms with E-state index in [-0.39, 0.29) is 6.04 Å². The van der Waals surface area contributed by atoms with E-state index in [2.05, 4.69) is 15.0 Å². The molecular weight excluding hydrogens is 264 g/mol. The van der Waals surface area contributed by atoms with E-state index in [0.717, 1.165) is 28.3 Å². The van der Waals surface area contributed by atoms with Crippen LogP contribution in [0.2, 0.25) is 0 Å². The summed E-state index contributed by atoms with van der Waals surface area (Å²) in [6.07, 6.45) is 9.36. The lowest BCUT2D eigenvalue weighted by Crippen LogP contribution is -1.99. The SMILES string of the molecule is COC1=CC=Nc2cc(C(C=NC(C)C)=CN)ncc2C1. The van der Waals surface area contributed by atoms with Crippen LogP contribution in [0.15, 0.2) is 40.3 Å². The molecule has 0 aromatic carbocycles. The van der Waals surface area contributed by atoms with Gasteiger partial charge in [-0.25, -0.2) is 0 Å². The number of hydrogen-bond donors (Lipinski definition) is 1. The van der Waals surface area contributed by atoms with Gasteiger partial charge in [0, 0.05) is 48.4 Å². The van der Waals surface area contributed by atoms with Gasteiger partial charge in [-0.1, -0.05) is 0 Å². The van der Waals surface area contributed by atoms with Crippen LogP contribution in [0.5, 0.6) is 0 Å². The molecule has 0 radical (unpaired) electrons. The topological polar surface area (TPSA) is 72.9 Å². The standard InChI is InChI=1S/C16H20N4O/c1-11(2)19-10-13(8-17)16-7-15-12(9-20-16)6-14(21-3)4-5-18-15/h4-5,7-11H,6,17H2,1-3H3. The monoisotopic (exact) mass is 284 g/mol. The lowest BCUT2D eigenvalue weighted by molar-refractivity contribution is 0.284. The zero-order chi connectivity index (χ0) is 15.2. The number of methoxy groups -OCH3 is 1. The fourth-order valence-electron chi connectivity index (χ4n) is 1.90. The second-order valence-electron chi connectivity index (χ2n) is 4.98. The van der Waals surface area contributed by atoms with E-state index in [9.17, 15) is 0 Å². The predicted octanol–water partition coefficient (Wildman–Crippen LogP) is 2.65. The van der Waals surface area contributed by atoms with Crippen molar-refractivity contribution in [2.24, 2.45) is 15.7 Å². The number of allylic oxidation sites excluding steroid dienone is 3. The molecule has 5 nitrogen and oxygen atoms in total. The lowest BCUT2D eigenvalue weighted by atomic mass is 10.1. The molecule has 110 valence electrons. The van der Waals surface area contributed by atoms with Crippen molar-refractivity contribution in [1.82, 2.24) is 4.98 Å². The fraction of sp³-hybridized carbons (Fsp3) is 0.312. The largest absolute Gasteiger partial charge is 0.501 e. The summed E-state index contributed by atoms with van der Waals surface area (Å²) in [5.41, 5.74) is 9.13. The molecule has 1 aliphatic heterocycles. The highest BCUT2D eigenvalue weighted by atomic mass is 16.5. The molecule has 0 spiro atoms. The third kappa shape index (κ3) is 3.78. The highest BCUT2D eigenvalue weighted by Crippen LogP contribution is 2.26. The van der Waals surface area contributed by atoms with Gasteiger partial charge in [-0.3, -0.25) is 15.0 Å². The summed E-state index contributed by atoms with van der Waals surface area (Å²) in [7, 11) is 1.66. The van der Waals surface area contributed by atoms with Crippen molar-refractivity contribution in [2.75, 3.05) is 7.11 Å². The van der Waals surface area contributed by atoms with Gasteiger partial charge in [-0.2, -0.15) is 0 Å². The van der Waals surface area contributed by atoms with E-state index in [1.54, 1.807) is 19.5 Å². The van der Waals surface area contributed by atoms with E-state index in [1.165, 1.54) is 6.20 Å².